The van der Waals surface area contributed by atoms with Crippen LogP contribution in [0.15, 0.2) is 34.9 Å². The second-order valence-corrected chi connectivity index (χ2v) is 6.04. The zero-order valence-electron chi connectivity index (χ0n) is 11.9. The minimum Gasteiger partial charge on any atom is -0.370 e. The highest BCUT2D eigenvalue weighted by molar-refractivity contribution is 9.10. The summed E-state index contributed by atoms with van der Waals surface area (Å²) in [5.74, 6) is 2.02. The summed E-state index contributed by atoms with van der Waals surface area (Å²) >= 11 is 3.46. The second-order valence-electron chi connectivity index (χ2n) is 5.12. The third kappa shape index (κ3) is 4.20. The first-order valence-electron chi connectivity index (χ1n) is 6.64. The largest absolute Gasteiger partial charge is 0.370 e. The van der Waals surface area contributed by atoms with Crippen molar-refractivity contribution in [2.24, 2.45) is 5.92 Å². The lowest BCUT2D eigenvalue weighted by Gasteiger charge is -2.11. The van der Waals surface area contributed by atoms with E-state index < -0.39 is 0 Å². The molecule has 0 radical (unpaired) electrons. The van der Waals surface area contributed by atoms with Gasteiger partial charge in [0.2, 0.25) is 5.95 Å². The summed E-state index contributed by atoms with van der Waals surface area (Å²) in [6.45, 7) is 7.28. The standard InChI is InChI=1S/C15H19BrN4/c1-10(2)9-18-14-6-7-17-15(20-14)19-13-5-4-12(16)8-11(13)3/h4-8,10H,9H2,1-3H3,(H2,17,18,19,20). The lowest BCUT2D eigenvalue weighted by molar-refractivity contribution is 0.687. The van der Waals surface area contributed by atoms with Gasteiger partial charge in [0.05, 0.1) is 0 Å². The summed E-state index contributed by atoms with van der Waals surface area (Å²) < 4.78 is 1.06. The van der Waals surface area contributed by atoms with Crippen LogP contribution in [0.25, 0.3) is 0 Å². The van der Waals surface area contributed by atoms with Crippen molar-refractivity contribution in [1.82, 2.24) is 9.97 Å². The zero-order chi connectivity index (χ0) is 14.5. The van der Waals surface area contributed by atoms with E-state index in [0.717, 1.165) is 28.1 Å². The molecule has 5 heteroatoms. The SMILES string of the molecule is Cc1cc(Br)ccc1Nc1nccc(NCC(C)C)n1. The number of anilines is 3. The molecule has 2 N–H and O–H groups in total. The summed E-state index contributed by atoms with van der Waals surface area (Å²) in [6, 6.07) is 7.94. The summed E-state index contributed by atoms with van der Waals surface area (Å²) in [5, 5.41) is 6.54. The number of benzene rings is 1. The molecule has 0 aliphatic heterocycles. The minimum atomic E-state index is 0.579. The van der Waals surface area contributed by atoms with E-state index in [1.807, 2.05) is 25.1 Å². The van der Waals surface area contributed by atoms with E-state index in [-0.39, 0.29) is 0 Å². The normalized spacial score (nSPS) is 10.7. The van der Waals surface area contributed by atoms with Crippen LogP contribution in [0.1, 0.15) is 19.4 Å². The molecule has 0 unspecified atom stereocenters. The average Bonchev–Trinajstić information content (AvgIpc) is 2.40. The van der Waals surface area contributed by atoms with Crippen LogP contribution >= 0.6 is 15.9 Å². The van der Waals surface area contributed by atoms with Gasteiger partial charge in [0.15, 0.2) is 0 Å². The van der Waals surface area contributed by atoms with Gasteiger partial charge in [-0.05, 0) is 42.7 Å². The van der Waals surface area contributed by atoms with Gasteiger partial charge in [-0.3, -0.25) is 0 Å². The maximum absolute atomic E-state index is 4.46. The third-order valence-electron chi connectivity index (χ3n) is 2.78. The first-order valence-corrected chi connectivity index (χ1v) is 7.44. The number of nitrogens with one attached hydrogen (secondary N) is 2. The monoisotopic (exact) mass is 334 g/mol. The first kappa shape index (κ1) is 14.8. The molecule has 20 heavy (non-hydrogen) atoms. The number of rotatable bonds is 5. The van der Waals surface area contributed by atoms with E-state index >= 15 is 0 Å². The van der Waals surface area contributed by atoms with Crippen molar-refractivity contribution in [1.29, 1.82) is 0 Å². The zero-order valence-corrected chi connectivity index (χ0v) is 13.5. The lowest BCUT2D eigenvalue weighted by Crippen LogP contribution is -2.10. The van der Waals surface area contributed by atoms with Crippen molar-refractivity contribution in [3.8, 4) is 0 Å². The number of aromatic nitrogens is 2. The van der Waals surface area contributed by atoms with E-state index in [1.54, 1.807) is 6.20 Å². The predicted molar refractivity (Wildman–Crippen MR) is 87.5 cm³/mol. The second kappa shape index (κ2) is 6.70. The van der Waals surface area contributed by atoms with Crippen molar-refractivity contribution in [2.45, 2.75) is 20.8 Å². The fraction of sp³-hybridized carbons (Fsp3) is 0.333. The molecular formula is C15H19BrN4. The molecule has 1 aromatic carbocycles. The highest BCUT2D eigenvalue weighted by atomic mass is 79.9. The molecule has 0 saturated carbocycles. The Hall–Kier alpha value is -1.62. The molecule has 0 bridgehead atoms. The molecule has 0 atom stereocenters. The highest BCUT2D eigenvalue weighted by Gasteiger charge is 2.03. The molecule has 106 valence electrons. The number of aryl methyl sites for hydroxylation is 1. The fourth-order valence-corrected chi connectivity index (χ4v) is 2.19. The molecule has 0 amide bonds. The van der Waals surface area contributed by atoms with Crippen LogP contribution in [0.4, 0.5) is 17.5 Å². The lowest BCUT2D eigenvalue weighted by atomic mass is 10.2. The van der Waals surface area contributed by atoms with Crippen LogP contribution in [-0.2, 0) is 0 Å². The smallest absolute Gasteiger partial charge is 0.229 e. The van der Waals surface area contributed by atoms with Gasteiger partial charge in [-0.1, -0.05) is 29.8 Å². The van der Waals surface area contributed by atoms with Crippen molar-refractivity contribution in [3.05, 3.63) is 40.5 Å². The minimum absolute atomic E-state index is 0.579. The molecule has 0 spiro atoms. The summed E-state index contributed by atoms with van der Waals surface area (Å²) in [7, 11) is 0. The Morgan fingerprint density at radius 1 is 1.25 bits per heavy atom. The van der Waals surface area contributed by atoms with Gasteiger partial charge in [0.25, 0.3) is 0 Å². The summed E-state index contributed by atoms with van der Waals surface area (Å²) in [6.07, 6.45) is 1.76. The molecule has 0 aliphatic rings. The van der Waals surface area contributed by atoms with Crippen molar-refractivity contribution in [3.63, 3.8) is 0 Å². The Morgan fingerprint density at radius 2 is 2.05 bits per heavy atom. The Morgan fingerprint density at radius 3 is 2.75 bits per heavy atom. The van der Waals surface area contributed by atoms with Crippen molar-refractivity contribution < 1.29 is 0 Å². The molecule has 2 aromatic rings. The Labute approximate surface area is 128 Å². The van der Waals surface area contributed by atoms with Gasteiger partial charge in [-0.15, -0.1) is 0 Å². The number of hydrogen-bond donors (Lipinski definition) is 2. The van der Waals surface area contributed by atoms with Crippen molar-refractivity contribution >= 4 is 33.4 Å². The third-order valence-corrected chi connectivity index (χ3v) is 3.28. The number of nitrogens with zero attached hydrogens (tertiary/aromatic N) is 2. The molecule has 1 aromatic heterocycles. The Bertz CT molecular complexity index is 584. The topological polar surface area (TPSA) is 49.8 Å². The first-order chi connectivity index (χ1) is 9.54. The molecule has 0 aliphatic carbocycles. The number of hydrogen-bond acceptors (Lipinski definition) is 4. The van der Waals surface area contributed by atoms with Crippen LogP contribution in [0.2, 0.25) is 0 Å². The molecular weight excluding hydrogens is 316 g/mol. The van der Waals surface area contributed by atoms with Crippen molar-refractivity contribution in [2.75, 3.05) is 17.2 Å². The van der Waals surface area contributed by atoms with Gasteiger partial charge in [-0.25, -0.2) is 4.98 Å². The number of halogens is 1. The molecule has 4 nitrogen and oxygen atoms in total. The maximum Gasteiger partial charge on any atom is 0.229 e. The van der Waals surface area contributed by atoms with E-state index in [4.69, 9.17) is 0 Å². The maximum atomic E-state index is 4.46. The molecule has 2 rings (SSSR count). The summed E-state index contributed by atoms with van der Waals surface area (Å²) in [5.41, 5.74) is 2.15. The fourth-order valence-electron chi connectivity index (χ4n) is 1.71. The van der Waals surface area contributed by atoms with Gasteiger partial charge in [0, 0.05) is 22.9 Å². The van der Waals surface area contributed by atoms with E-state index in [1.165, 1.54) is 0 Å². The van der Waals surface area contributed by atoms with Gasteiger partial charge >= 0.3 is 0 Å². The van der Waals surface area contributed by atoms with E-state index in [9.17, 15) is 0 Å². The van der Waals surface area contributed by atoms with Gasteiger partial charge in [0.1, 0.15) is 5.82 Å². The average molecular weight is 335 g/mol. The van der Waals surface area contributed by atoms with E-state index in [2.05, 4.69) is 56.4 Å². The van der Waals surface area contributed by atoms with Gasteiger partial charge < -0.3 is 10.6 Å². The molecule has 0 saturated heterocycles. The van der Waals surface area contributed by atoms with E-state index in [0.29, 0.717) is 11.9 Å². The predicted octanol–water partition coefficient (Wildman–Crippen LogP) is 4.36. The van der Waals surface area contributed by atoms with Crippen LogP contribution in [-0.4, -0.2) is 16.5 Å². The highest BCUT2D eigenvalue weighted by Crippen LogP contribution is 2.22. The van der Waals surface area contributed by atoms with Gasteiger partial charge in [-0.2, -0.15) is 4.98 Å². The molecule has 0 fully saturated rings. The summed E-state index contributed by atoms with van der Waals surface area (Å²) in [4.78, 5) is 8.71. The Balaban J connectivity index is 2.11. The van der Waals surface area contributed by atoms with Crippen LogP contribution in [0, 0.1) is 12.8 Å². The quantitative estimate of drug-likeness (QED) is 0.852. The van der Waals surface area contributed by atoms with Crippen LogP contribution < -0.4 is 10.6 Å². The molecule has 1 heterocycles. The Kier molecular flexibility index (Phi) is 4.95. The van der Waals surface area contributed by atoms with Crippen LogP contribution in [0.3, 0.4) is 0 Å². The van der Waals surface area contributed by atoms with Crippen LogP contribution in [0.5, 0.6) is 0 Å².